The Bertz CT molecular complexity index is 4080. The van der Waals surface area contributed by atoms with Crippen LogP contribution in [-0.2, 0) is 30.1 Å². The lowest BCUT2D eigenvalue weighted by Crippen LogP contribution is -2.45. The number of carbonyl (C=O) groups is 1. The first-order valence-corrected chi connectivity index (χ1v) is 37.0. The number of rotatable bonds is 19. The molecule has 8 aromatic rings. The van der Waals surface area contributed by atoms with Gasteiger partial charge in [0.15, 0.2) is 0 Å². The molecule has 4 aliphatic heterocycles. The smallest absolute Gasteiger partial charge is 0.411 e. The molecule has 0 unspecified atom stereocenters. The highest BCUT2D eigenvalue weighted by atomic mass is 19.4. The summed E-state index contributed by atoms with van der Waals surface area (Å²) in [6.07, 6.45) is 22.6. The van der Waals surface area contributed by atoms with Gasteiger partial charge in [0.05, 0.1) is 123 Å². The van der Waals surface area contributed by atoms with E-state index in [0.29, 0.717) is 101 Å². The minimum absolute atomic E-state index is 0.0414. The van der Waals surface area contributed by atoms with Crippen molar-refractivity contribution in [3.8, 4) is 22.3 Å². The van der Waals surface area contributed by atoms with Crippen LogP contribution in [0.2, 0.25) is 0 Å². The van der Waals surface area contributed by atoms with E-state index >= 15 is 0 Å². The number of aliphatic hydroxyl groups is 3. The van der Waals surface area contributed by atoms with Crippen molar-refractivity contribution in [1.29, 1.82) is 0 Å². The van der Waals surface area contributed by atoms with Gasteiger partial charge in [-0.3, -0.25) is 14.3 Å². The van der Waals surface area contributed by atoms with Gasteiger partial charge in [-0.25, -0.2) is 33.3 Å². The van der Waals surface area contributed by atoms with Gasteiger partial charge in [-0.15, -0.1) is 10.2 Å². The topological polar surface area (TPSA) is 277 Å². The van der Waals surface area contributed by atoms with E-state index in [1.54, 1.807) is 27.3 Å². The number of nitrogens with one attached hydrogen (secondary N) is 2. The zero-order chi connectivity index (χ0) is 72.7. The number of hydrogen-bond donors (Lipinski definition) is 5. The summed E-state index contributed by atoms with van der Waals surface area (Å²) >= 11 is 0. The second kappa shape index (κ2) is 30.5. The number of alkyl halides is 3. The van der Waals surface area contributed by atoms with Crippen molar-refractivity contribution in [3.05, 3.63) is 96.1 Å². The molecule has 3 aliphatic carbocycles. The van der Waals surface area contributed by atoms with Crippen LogP contribution in [0.25, 0.3) is 44.4 Å². The first-order valence-electron chi connectivity index (χ1n) is 37.0. The van der Waals surface area contributed by atoms with Gasteiger partial charge in [0.25, 0.3) is 0 Å². The molecule has 15 rings (SSSR count). The lowest BCUT2D eigenvalue weighted by atomic mass is 9.78. The van der Waals surface area contributed by atoms with Crippen LogP contribution in [0.15, 0.2) is 67.7 Å². The maximum atomic E-state index is 12.9. The Balaban J connectivity index is 0.000000138. The van der Waals surface area contributed by atoms with Crippen molar-refractivity contribution < 1.29 is 57.0 Å². The van der Waals surface area contributed by atoms with Gasteiger partial charge >= 0.3 is 12.3 Å². The van der Waals surface area contributed by atoms with E-state index in [9.17, 15) is 33.3 Å². The standard InChI is InChI=1S/C29H39F3N4O3.2C23H32N6O3/c1-17(15-29(30,31)32)11-26-33-16-25-23(14-24(36(25)34-26)18-5-9-22(37)10-6-18)19-12-20-7-8-21(13-19)35(20)27(38)39-28(2,3)4;2*1-15(12-31-3)26-22-24-10-21-19(17-9-25-28(11-17)18-13-32-14-18)8-20(29(21)27-22)16-4-6-23(2,30)7-5-16/h12,14,16-18,20-22,37H,5-11,13,15H2,1-4H3;2*8-11,15-16,18,30H,4-7,12-14H2,1-3H3,(H,26,27)/t17-,18?,20+,21-,22?;2*15-,16?,23?/m000/s1. The van der Waals surface area contributed by atoms with E-state index in [2.05, 4.69) is 72.5 Å². The van der Waals surface area contributed by atoms with E-state index in [0.717, 1.165) is 144 Å². The molecule has 12 heterocycles. The average molecular weight is 1430 g/mol. The fourth-order valence-electron chi connectivity index (χ4n) is 15.9. The monoisotopic (exact) mass is 1430 g/mol. The van der Waals surface area contributed by atoms with Gasteiger partial charge in [-0.1, -0.05) is 13.0 Å². The summed E-state index contributed by atoms with van der Waals surface area (Å²) in [4.78, 5) is 28.5. The third kappa shape index (κ3) is 17.2. The number of nitrogens with zero attached hydrogens (tertiary/aromatic N) is 14. The molecule has 558 valence electrons. The maximum Gasteiger partial charge on any atom is 0.411 e. The lowest BCUT2D eigenvalue weighted by molar-refractivity contribution is -0.143. The molecule has 25 nitrogen and oxygen atoms in total. The van der Waals surface area contributed by atoms with E-state index in [-0.39, 0.29) is 48.7 Å². The molecule has 8 aromatic heterocycles. The summed E-state index contributed by atoms with van der Waals surface area (Å²) in [5.74, 6) is 1.81. The molecule has 2 bridgehead atoms. The second-order valence-electron chi connectivity index (χ2n) is 31.7. The largest absolute Gasteiger partial charge is 0.444 e. The normalized spacial score (nSPS) is 25.6. The molecular formula is C75H103F3N16O9. The zero-order valence-corrected chi connectivity index (χ0v) is 61.2. The first kappa shape index (κ1) is 73.7. The minimum atomic E-state index is -4.22. The van der Waals surface area contributed by atoms with Crippen molar-refractivity contribution in [2.45, 2.75) is 248 Å². The molecule has 3 saturated heterocycles. The molecule has 3 saturated carbocycles. The predicted octanol–water partition coefficient (Wildman–Crippen LogP) is 12.5. The fraction of sp³-hybridized carbons (Fsp3) is 0.640. The summed E-state index contributed by atoms with van der Waals surface area (Å²) in [5.41, 5.74) is 10.8. The van der Waals surface area contributed by atoms with Crippen LogP contribution in [-0.4, -0.2) is 197 Å². The lowest BCUT2D eigenvalue weighted by Gasteiger charge is -2.35. The molecule has 5 atom stereocenters. The van der Waals surface area contributed by atoms with Crippen molar-refractivity contribution in [2.24, 2.45) is 5.92 Å². The quantitative estimate of drug-likeness (QED) is 0.0503. The number of hydrogen-bond acceptors (Lipinski definition) is 19. The molecule has 6 fully saturated rings. The molecule has 0 radical (unpaired) electrons. The van der Waals surface area contributed by atoms with Gasteiger partial charge in [-0.2, -0.15) is 28.5 Å². The summed E-state index contributed by atoms with van der Waals surface area (Å²) in [6, 6.07) is 7.46. The summed E-state index contributed by atoms with van der Waals surface area (Å²) in [7, 11) is 3.37. The highest BCUT2D eigenvalue weighted by Gasteiger charge is 2.43. The fourth-order valence-corrected chi connectivity index (χ4v) is 15.9. The first-order chi connectivity index (χ1) is 49.1. The number of carbonyl (C=O) groups excluding carboxylic acids is 1. The Morgan fingerprint density at radius 1 is 0.621 bits per heavy atom. The molecule has 5 N–H and O–H groups in total. The Morgan fingerprint density at radius 3 is 1.52 bits per heavy atom. The van der Waals surface area contributed by atoms with E-state index in [4.69, 9.17) is 39.0 Å². The minimum Gasteiger partial charge on any atom is -0.444 e. The van der Waals surface area contributed by atoms with Crippen LogP contribution < -0.4 is 10.6 Å². The summed E-state index contributed by atoms with van der Waals surface area (Å²) < 4.78 is 75.5. The van der Waals surface area contributed by atoms with E-state index < -0.39 is 35.3 Å². The predicted molar refractivity (Wildman–Crippen MR) is 383 cm³/mol. The number of ether oxygens (including phenoxy) is 5. The van der Waals surface area contributed by atoms with Gasteiger partial charge in [0.2, 0.25) is 11.9 Å². The Kier molecular flexibility index (Phi) is 21.8. The number of aliphatic hydroxyl groups excluding tert-OH is 1. The van der Waals surface area contributed by atoms with Crippen LogP contribution in [0.1, 0.15) is 216 Å². The number of halogens is 3. The number of methoxy groups -OCH3 is 2. The molecule has 1 amide bonds. The number of amides is 1. The van der Waals surface area contributed by atoms with Crippen LogP contribution in [0.3, 0.4) is 0 Å². The number of anilines is 2. The van der Waals surface area contributed by atoms with Crippen LogP contribution >= 0.6 is 0 Å². The van der Waals surface area contributed by atoms with Crippen molar-refractivity contribution in [1.82, 2.24) is 68.3 Å². The molecular weight excluding hydrogens is 1330 g/mol. The molecule has 7 aliphatic rings. The number of fused-ring (bicyclic) bond motifs is 5. The molecule has 0 aromatic carbocycles. The van der Waals surface area contributed by atoms with E-state index in [1.807, 2.05) is 101 Å². The summed E-state index contributed by atoms with van der Waals surface area (Å²) in [6.45, 7) is 19.1. The highest BCUT2D eigenvalue weighted by molar-refractivity contribution is 5.84. The number of aromatic nitrogens is 13. The Hall–Kier alpha value is -7.60. The van der Waals surface area contributed by atoms with Gasteiger partial charge in [0, 0.05) is 120 Å². The van der Waals surface area contributed by atoms with E-state index in [1.165, 1.54) is 0 Å². The zero-order valence-electron chi connectivity index (χ0n) is 61.2. The molecule has 0 spiro atoms. The maximum absolute atomic E-state index is 12.9. The Morgan fingerprint density at radius 2 is 1.08 bits per heavy atom. The Labute approximate surface area is 599 Å². The van der Waals surface area contributed by atoms with Gasteiger partial charge in [-0.05, 0) is 174 Å². The highest BCUT2D eigenvalue weighted by Crippen LogP contribution is 2.46. The third-order valence-corrected chi connectivity index (χ3v) is 21.6. The molecule has 28 heteroatoms. The average Bonchev–Trinajstić information content (AvgIpc) is 1.62. The summed E-state index contributed by atoms with van der Waals surface area (Å²) in [5, 5.41) is 61.2. The van der Waals surface area contributed by atoms with Crippen LogP contribution in [0.5, 0.6) is 0 Å². The SMILES string of the molecule is COC[C@H](C)Nc1ncc2c(-c3cnn(C4COC4)c3)cc(C3CCC(C)(O)CC3)n2n1.COC[C@H](C)Nc1ncc2c(-c3cnn(C4COC4)c3)cc(C3CCC(C)(O)CC3)n2n1.C[C@@H](Cc1ncc2c(C3=C[C@H]4CC[C@@H](C3)N4C(=O)OC(C)(C)C)cc(C3CCC(O)CC3)n2n1)CC(F)(F)F. The van der Waals surface area contributed by atoms with Crippen molar-refractivity contribution >= 4 is 40.1 Å². The second-order valence-corrected chi connectivity index (χ2v) is 31.7. The van der Waals surface area contributed by atoms with Crippen molar-refractivity contribution in [3.63, 3.8) is 0 Å². The van der Waals surface area contributed by atoms with Gasteiger partial charge in [0.1, 0.15) is 11.4 Å². The third-order valence-electron chi connectivity index (χ3n) is 21.6. The van der Waals surface area contributed by atoms with Crippen molar-refractivity contribution in [2.75, 3.05) is 64.5 Å². The van der Waals surface area contributed by atoms with Gasteiger partial charge < -0.3 is 49.6 Å². The molecule has 103 heavy (non-hydrogen) atoms. The van der Waals surface area contributed by atoms with Crippen LogP contribution in [0, 0.1) is 5.92 Å². The van der Waals surface area contributed by atoms with Crippen LogP contribution in [0.4, 0.5) is 29.9 Å².